The van der Waals surface area contributed by atoms with Crippen LogP contribution in [0.1, 0.15) is 26.7 Å². The molecule has 0 fully saturated rings. The molecule has 3 heteroatoms. The summed E-state index contributed by atoms with van der Waals surface area (Å²) < 4.78 is 5.48. The van der Waals surface area contributed by atoms with Gasteiger partial charge in [-0.1, -0.05) is 13.8 Å². The molecule has 80 valence electrons. The van der Waals surface area contributed by atoms with Crippen LogP contribution in [0, 0.1) is 11.8 Å². The smallest absolute Gasteiger partial charge is 0.159 e. The minimum Gasteiger partial charge on any atom is -0.498 e. The Morgan fingerprint density at radius 3 is 2.86 bits per heavy atom. The zero-order chi connectivity index (χ0) is 10.6. The van der Waals surface area contributed by atoms with E-state index in [-0.39, 0.29) is 18.3 Å². The lowest BCUT2D eigenvalue weighted by atomic mass is 9.93. The number of carbonyl (C=O) groups excluding carboxylic acids is 1. The summed E-state index contributed by atoms with van der Waals surface area (Å²) in [6, 6.07) is 0. The van der Waals surface area contributed by atoms with Gasteiger partial charge >= 0.3 is 0 Å². The normalized spacial score (nSPS) is 22.4. The lowest BCUT2D eigenvalue weighted by molar-refractivity contribution is -0.116. The van der Waals surface area contributed by atoms with Gasteiger partial charge in [0.15, 0.2) is 5.78 Å². The number of aliphatic hydroxyl groups is 1. The molecule has 0 aromatic carbocycles. The van der Waals surface area contributed by atoms with E-state index >= 15 is 0 Å². The van der Waals surface area contributed by atoms with Crippen molar-refractivity contribution in [1.82, 2.24) is 0 Å². The second-order valence-electron chi connectivity index (χ2n) is 4.24. The molecule has 0 heterocycles. The molecule has 0 radical (unpaired) electrons. The number of hydrogen-bond acceptors (Lipinski definition) is 3. The molecule has 0 amide bonds. The first-order valence-corrected chi connectivity index (χ1v) is 5.09. The van der Waals surface area contributed by atoms with Crippen LogP contribution in [0.4, 0.5) is 0 Å². The van der Waals surface area contributed by atoms with Gasteiger partial charge in [-0.15, -0.1) is 0 Å². The summed E-state index contributed by atoms with van der Waals surface area (Å²) in [5.74, 6) is 1.30. The molecule has 14 heavy (non-hydrogen) atoms. The van der Waals surface area contributed by atoms with Crippen molar-refractivity contribution in [3.05, 3.63) is 11.8 Å². The van der Waals surface area contributed by atoms with Crippen molar-refractivity contribution in [2.45, 2.75) is 26.7 Å². The fraction of sp³-hybridized carbons (Fsp3) is 0.727. The number of allylic oxidation sites excluding steroid dienone is 2. The summed E-state index contributed by atoms with van der Waals surface area (Å²) in [5.41, 5.74) is 0. The fourth-order valence-corrected chi connectivity index (χ4v) is 1.44. The first-order valence-electron chi connectivity index (χ1n) is 5.09. The Kier molecular flexibility index (Phi) is 4.14. The Morgan fingerprint density at radius 2 is 2.29 bits per heavy atom. The minimum atomic E-state index is 0.0506. The van der Waals surface area contributed by atoms with E-state index in [1.54, 1.807) is 6.08 Å². The third-order valence-electron chi connectivity index (χ3n) is 2.16. The van der Waals surface area contributed by atoms with Crippen molar-refractivity contribution in [3.63, 3.8) is 0 Å². The number of ketones is 1. The summed E-state index contributed by atoms with van der Waals surface area (Å²) in [7, 11) is 0. The molecule has 0 saturated heterocycles. The van der Waals surface area contributed by atoms with Crippen LogP contribution >= 0.6 is 0 Å². The molecule has 0 spiro atoms. The maximum Gasteiger partial charge on any atom is 0.159 e. The molecule has 0 bridgehead atoms. The first-order chi connectivity index (χ1) is 6.61. The SMILES string of the molecule is CC(C)COC1=CC(=O)CC(CO)C1. The lowest BCUT2D eigenvalue weighted by Crippen LogP contribution is -2.19. The van der Waals surface area contributed by atoms with Gasteiger partial charge in [0.25, 0.3) is 0 Å². The molecule has 0 aromatic heterocycles. The molecule has 0 aromatic rings. The number of rotatable bonds is 4. The van der Waals surface area contributed by atoms with Gasteiger partial charge in [-0.2, -0.15) is 0 Å². The van der Waals surface area contributed by atoms with Crippen LogP contribution in [0.2, 0.25) is 0 Å². The maximum atomic E-state index is 11.2. The molecule has 0 saturated carbocycles. The van der Waals surface area contributed by atoms with E-state index in [0.717, 1.165) is 5.76 Å². The maximum absolute atomic E-state index is 11.2. The Balaban J connectivity index is 2.47. The van der Waals surface area contributed by atoms with Crippen LogP contribution in [0.25, 0.3) is 0 Å². The van der Waals surface area contributed by atoms with E-state index in [9.17, 15) is 4.79 Å². The monoisotopic (exact) mass is 198 g/mol. The highest BCUT2D eigenvalue weighted by atomic mass is 16.5. The average molecular weight is 198 g/mol. The Hall–Kier alpha value is -0.830. The minimum absolute atomic E-state index is 0.0506. The average Bonchev–Trinajstić information content (AvgIpc) is 2.14. The van der Waals surface area contributed by atoms with Crippen molar-refractivity contribution in [1.29, 1.82) is 0 Å². The Labute approximate surface area is 84.8 Å². The summed E-state index contributed by atoms with van der Waals surface area (Å²) >= 11 is 0. The van der Waals surface area contributed by atoms with Crippen LogP contribution in [-0.2, 0) is 9.53 Å². The van der Waals surface area contributed by atoms with E-state index in [0.29, 0.717) is 25.4 Å². The third kappa shape index (κ3) is 3.50. The number of ether oxygens (including phenoxy) is 1. The zero-order valence-corrected chi connectivity index (χ0v) is 8.82. The Morgan fingerprint density at radius 1 is 1.57 bits per heavy atom. The van der Waals surface area contributed by atoms with E-state index < -0.39 is 0 Å². The van der Waals surface area contributed by atoms with Gasteiger partial charge in [-0.05, 0) is 11.8 Å². The van der Waals surface area contributed by atoms with E-state index in [4.69, 9.17) is 9.84 Å². The van der Waals surface area contributed by atoms with Crippen LogP contribution in [0.3, 0.4) is 0 Å². The van der Waals surface area contributed by atoms with E-state index in [1.807, 2.05) is 0 Å². The Bertz CT molecular complexity index is 231. The van der Waals surface area contributed by atoms with Crippen LogP contribution in [0.5, 0.6) is 0 Å². The molecular weight excluding hydrogens is 180 g/mol. The van der Waals surface area contributed by atoms with Crippen molar-refractivity contribution >= 4 is 5.78 Å². The molecule has 1 aliphatic rings. The third-order valence-corrected chi connectivity index (χ3v) is 2.16. The number of aliphatic hydroxyl groups excluding tert-OH is 1. The van der Waals surface area contributed by atoms with Gasteiger partial charge in [0.2, 0.25) is 0 Å². The van der Waals surface area contributed by atoms with Crippen molar-refractivity contribution in [2.75, 3.05) is 13.2 Å². The highest BCUT2D eigenvalue weighted by Gasteiger charge is 2.20. The summed E-state index contributed by atoms with van der Waals surface area (Å²) in [4.78, 5) is 11.2. The summed E-state index contributed by atoms with van der Waals surface area (Å²) in [6.45, 7) is 4.83. The quantitative estimate of drug-likeness (QED) is 0.745. The topological polar surface area (TPSA) is 46.5 Å². The predicted molar refractivity (Wildman–Crippen MR) is 53.7 cm³/mol. The fourth-order valence-electron chi connectivity index (χ4n) is 1.44. The van der Waals surface area contributed by atoms with Gasteiger partial charge < -0.3 is 9.84 Å². The van der Waals surface area contributed by atoms with Gasteiger partial charge in [-0.3, -0.25) is 4.79 Å². The molecule has 1 N–H and O–H groups in total. The standard InChI is InChI=1S/C11H18O3/c1-8(2)7-14-11-4-9(6-12)3-10(13)5-11/h5,8-9,12H,3-4,6-7H2,1-2H3. The zero-order valence-electron chi connectivity index (χ0n) is 8.82. The van der Waals surface area contributed by atoms with Crippen molar-refractivity contribution < 1.29 is 14.6 Å². The molecule has 1 aliphatic carbocycles. The molecule has 1 unspecified atom stereocenters. The van der Waals surface area contributed by atoms with Crippen molar-refractivity contribution in [3.8, 4) is 0 Å². The highest BCUT2D eigenvalue weighted by molar-refractivity contribution is 5.91. The first kappa shape index (κ1) is 11.2. The van der Waals surface area contributed by atoms with Crippen LogP contribution in [-0.4, -0.2) is 24.1 Å². The summed E-state index contributed by atoms with van der Waals surface area (Å²) in [5, 5.41) is 8.97. The molecule has 3 nitrogen and oxygen atoms in total. The van der Waals surface area contributed by atoms with Gasteiger partial charge in [0.1, 0.15) is 0 Å². The van der Waals surface area contributed by atoms with E-state index in [1.165, 1.54) is 0 Å². The molecule has 0 aliphatic heterocycles. The van der Waals surface area contributed by atoms with Gasteiger partial charge in [-0.25, -0.2) is 0 Å². The predicted octanol–water partition coefficient (Wildman–Crippen LogP) is 1.51. The number of hydrogen-bond donors (Lipinski definition) is 1. The van der Waals surface area contributed by atoms with Gasteiger partial charge in [0, 0.05) is 25.5 Å². The largest absolute Gasteiger partial charge is 0.498 e. The molecular formula is C11H18O3. The second kappa shape index (κ2) is 5.15. The summed E-state index contributed by atoms with van der Waals surface area (Å²) in [6.07, 6.45) is 2.70. The lowest BCUT2D eigenvalue weighted by Gasteiger charge is -2.21. The number of carbonyl (C=O) groups is 1. The highest BCUT2D eigenvalue weighted by Crippen LogP contribution is 2.22. The van der Waals surface area contributed by atoms with Gasteiger partial charge in [0.05, 0.1) is 12.4 Å². The van der Waals surface area contributed by atoms with Crippen LogP contribution in [0.15, 0.2) is 11.8 Å². The molecule has 1 atom stereocenters. The van der Waals surface area contributed by atoms with E-state index in [2.05, 4.69) is 13.8 Å². The molecule has 1 rings (SSSR count). The van der Waals surface area contributed by atoms with Crippen LogP contribution < -0.4 is 0 Å². The second-order valence-corrected chi connectivity index (χ2v) is 4.24. The van der Waals surface area contributed by atoms with Crippen molar-refractivity contribution in [2.24, 2.45) is 11.8 Å².